The van der Waals surface area contributed by atoms with E-state index in [9.17, 15) is 9.59 Å². The third kappa shape index (κ3) is 4.03. The van der Waals surface area contributed by atoms with Crippen LogP contribution >= 0.6 is 0 Å². The van der Waals surface area contributed by atoms with Gasteiger partial charge in [0, 0.05) is 24.1 Å². The Balaban J connectivity index is 2.02. The van der Waals surface area contributed by atoms with Gasteiger partial charge in [-0.3, -0.25) is 9.59 Å². The van der Waals surface area contributed by atoms with Crippen molar-refractivity contribution in [1.29, 1.82) is 5.26 Å². The largest absolute Gasteiger partial charge is 0.325 e. The summed E-state index contributed by atoms with van der Waals surface area (Å²) >= 11 is 0. The van der Waals surface area contributed by atoms with Crippen LogP contribution in [0.2, 0.25) is 0 Å². The van der Waals surface area contributed by atoms with Crippen LogP contribution in [0.1, 0.15) is 27.1 Å². The van der Waals surface area contributed by atoms with Gasteiger partial charge in [0.25, 0.3) is 5.91 Å². The number of Topliss-reactive ketones (excluding diaryl/α,β-unsaturated/α-hetero) is 1. The van der Waals surface area contributed by atoms with Gasteiger partial charge in [0.05, 0.1) is 6.07 Å². The molecule has 0 aliphatic carbocycles. The van der Waals surface area contributed by atoms with E-state index in [1.807, 2.05) is 18.2 Å². The molecule has 0 heterocycles. The molecule has 2 rings (SSSR count). The summed E-state index contributed by atoms with van der Waals surface area (Å²) in [6.45, 7) is 0.199. The zero-order valence-electron chi connectivity index (χ0n) is 12.1. The van der Waals surface area contributed by atoms with Gasteiger partial charge in [0.2, 0.25) is 0 Å². The van der Waals surface area contributed by atoms with E-state index < -0.39 is 0 Å². The second kappa shape index (κ2) is 7.75. The Morgan fingerprint density at radius 3 is 2.00 bits per heavy atom. The highest BCUT2D eigenvalue weighted by atomic mass is 16.2. The number of nitriles is 1. The monoisotopic (exact) mass is 292 g/mol. The Morgan fingerprint density at radius 2 is 1.45 bits per heavy atom. The molecule has 2 aromatic rings. The van der Waals surface area contributed by atoms with E-state index in [1.54, 1.807) is 48.5 Å². The fourth-order valence-corrected chi connectivity index (χ4v) is 2.11. The number of carbonyl (C=O) groups excluding carboxylic acids is 2. The fraction of sp³-hybridized carbons (Fsp3) is 0.167. The van der Waals surface area contributed by atoms with E-state index in [2.05, 4.69) is 0 Å². The van der Waals surface area contributed by atoms with Crippen LogP contribution in [0.5, 0.6) is 0 Å². The number of hydrogen-bond donors (Lipinski definition) is 0. The molecule has 0 aromatic heterocycles. The van der Waals surface area contributed by atoms with Crippen molar-refractivity contribution in [3.8, 4) is 6.07 Å². The minimum Gasteiger partial charge on any atom is -0.325 e. The molecule has 22 heavy (non-hydrogen) atoms. The number of rotatable bonds is 6. The number of benzene rings is 2. The van der Waals surface area contributed by atoms with E-state index in [4.69, 9.17) is 5.26 Å². The smallest absolute Gasteiger partial charge is 0.254 e. The summed E-state index contributed by atoms with van der Waals surface area (Å²) in [7, 11) is 0. The van der Waals surface area contributed by atoms with Gasteiger partial charge >= 0.3 is 0 Å². The quantitative estimate of drug-likeness (QED) is 0.607. The van der Waals surface area contributed by atoms with Gasteiger partial charge in [-0.05, 0) is 12.1 Å². The fourth-order valence-electron chi connectivity index (χ4n) is 2.11. The molecular formula is C18H16N2O2. The Labute approximate surface area is 129 Å². The average molecular weight is 292 g/mol. The van der Waals surface area contributed by atoms with Gasteiger partial charge < -0.3 is 4.90 Å². The van der Waals surface area contributed by atoms with Gasteiger partial charge in [-0.1, -0.05) is 48.5 Å². The number of amides is 1. The third-order valence-electron chi connectivity index (χ3n) is 3.27. The van der Waals surface area contributed by atoms with Crippen molar-refractivity contribution in [2.75, 3.05) is 13.1 Å². The maximum absolute atomic E-state index is 12.3. The van der Waals surface area contributed by atoms with Crippen molar-refractivity contribution < 1.29 is 9.59 Å². The molecule has 0 aliphatic heterocycles. The lowest BCUT2D eigenvalue weighted by atomic mass is 10.1. The third-order valence-corrected chi connectivity index (χ3v) is 3.27. The SMILES string of the molecule is N#CCN(CCC(=O)c1ccccc1)C(=O)c1ccccc1. The van der Waals surface area contributed by atoms with Crippen LogP contribution in [-0.4, -0.2) is 29.7 Å². The summed E-state index contributed by atoms with van der Waals surface area (Å²) < 4.78 is 0. The first-order chi connectivity index (χ1) is 10.7. The highest BCUT2D eigenvalue weighted by Crippen LogP contribution is 2.08. The molecule has 0 unspecified atom stereocenters. The number of nitrogens with zero attached hydrogens (tertiary/aromatic N) is 2. The van der Waals surface area contributed by atoms with Crippen LogP contribution in [0.3, 0.4) is 0 Å². The predicted octanol–water partition coefficient (Wildman–Crippen LogP) is 2.93. The minimum absolute atomic E-state index is 0.0319. The second-order valence-electron chi connectivity index (χ2n) is 4.79. The van der Waals surface area contributed by atoms with Gasteiger partial charge in [-0.15, -0.1) is 0 Å². The van der Waals surface area contributed by atoms with Crippen molar-refractivity contribution >= 4 is 11.7 Å². The maximum Gasteiger partial charge on any atom is 0.254 e. The summed E-state index contributed by atoms with van der Waals surface area (Å²) in [5.74, 6) is -0.271. The summed E-state index contributed by atoms with van der Waals surface area (Å²) in [5.41, 5.74) is 1.14. The molecule has 0 fully saturated rings. The summed E-state index contributed by atoms with van der Waals surface area (Å²) in [4.78, 5) is 25.8. The normalized spacial score (nSPS) is 9.77. The van der Waals surface area contributed by atoms with Crippen LogP contribution in [0.4, 0.5) is 0 Å². The molecule has 4 heteroatoms. The summed E-state index contributed by atoms with van der Waals surface area (Å²) in [5, 5.41) is 8.89. The molecule has 4 nitrogen and oxygen atoms in total. The Kier molecular flexibility index (Phi) is 5.44. The number of carbonyl (C=O) groups is 2. The van der Waals surface area contributed by atoms with E-state index >= 15 is 0 Å². The highest BCUT2D eigenvalue weighted by Gasteiger charge is 2.16. The lowest BCUT2D eigenvalue weighted by Gasteiger charge is -2.19. The minimum atomic E-state index is -0.233. The summed E-state index contributed by atoms with van der Waals surface area (Å²) in [6.07, 6.45) is 0.199. The van der Waals surface area contributed by atoms with Crippen molar-refractivity contribution in [2.24, 2.45) is 0 Å². The first-order valence-corrected chi connectivity index (χ1v) is 7.02. The lowest BCUT2D eigenvalue weighted by Crippen LogP contribution is -2.33. The van der Waals surface area contributed by atoms with Crippen LogP contribution in [0, 0.1) is 11.3 Å². The second-order valence-corrected chi connectivity index (χ2v) is 4.79. The van der Waals surface area contributed by atoms with Crippen molar-refractivity contribution in [3.05, 3.63) is 71.8 Å². The first kappa shape index (κ1) is 15.5. The van der Waals surface area contributed by atoms with Crippen molar-refractivity contribution in [2.45, 2.75) is 6.42 Å². The molecule has 0 radical (unpaired) electrons. The molecule has 1 amide bonds. The van der Waals surface area contributed by atoms with E-state index in [-0.39, 0.29) is 31.2 Å². The highest BCUT2D eigenvalue weighted by molar-refractivity contribution is 5.97. The van der Waals surface area contributed by atoms with E-state index in [1.165, 1.54) is 4.90 Å². The first-order valence-electron chi connectivity index (χ1n) is 7.02. The Morgan fingerprint density at radius 1 is 0.909 bits per heavy atom. The lowest BCUT2D eigenvalue weighted by molar-refractivity contribution is 0.0765. The van der Waals surface area contributed by atoms with Crippen LogP contribution in [0.25, 0.3) is 0 Å². The van der Waals surface area contributed by atoms with Gasteiger partial charge in [-0.25, -0.2) is 0 Å². The van der Waals surface area contributed by atoms with Crippen LogP contribution in [0.15, 0.2) is 60.7 Å². The number of ketones is 1. The van der Waals surface area contributed by atoms with Crippen LogP contribution in [-0.2, 0) is 0 Å². The number of hydrogen-bond acceptors (Lipinski definition) is 3. The average Bonchev–Trinajstić information content (AvgIpc) is 2.59. The Bertz CT molecular complexity index is 675. The summed E-state index contributed by atoms with van der Waals surface area (Å²) in [6, 6.07) is 19.7. The van der Waals surface area contributed by atoms with E-state index in [0.29, 0.717) is 11.1 Å². The zero-order valence-corrected chi connectivity index (χ0v) is 12.1. The topological polar surface area (TPSA) is 61.2 Å². The molecule has 0 spiro atoms. The van der Waals surface area contributed by atoms with Gasteiger partial charge in [0.15, 0.2) is 5.78 Å². The molecule has 0 saturated heterocycles. The molecule has 0 bridgehead atoms. The molecule has 2 aromatic carbocycles. The van der Waals surface area contributed by atoms with Crippen molar-refractivity contribution in [3.63, 3.8) is 0 Å². The Hall–Kier alpha value is -2.93. The van der Waals surface area contributed by atoms with E-state index in [0.717, 1.165) is 0 Å². The van der Waals surface area contributed by atoms with Gasteiger partial charge in [0.1, 0.15) is 6.54 Å². The molecule has 110 valence electrons. The van der Waals surface area contributed by atoms with Crippen LogP contribution < -0.4 is 0 Å². The van der Waals surface area contributed by atoms with Gasteiger partial charge in [-0.2, -0.15) is 5.26 Å². The standard InChI is InChI=1S/C18H16N2O2/c19-12-14-20(18(22)16-9-5-2-6-10-16)13-11-17(21)15-7-3-1-4-8-15/h1-10H,11,13-14H2. The molecule has 0 N–H and O–H groups in total. The zero-order chi connectivity index (χ0) is 15.8. The predicted molar refractivity (Wildman–Crippen MR) is 83.3 cm³/mol. The molecule has 0 atom stereocenters. The molecular weight excluding hydrogens is 276 g/mol. The van der Waals surface area contributed by atoms with Crippen molar-refractivity contribution in [1.82, 2.24) is 4.90 Å². The molecule has 0 saturated carbocycles. The molecule has 0 aliphatic rings. The maximum atomic E-state index is 12.3.